The summed E-state index contributed by atoms with van der Waals surface area (Å²) in [4.78, 5) is 11.5. The summed E-state index contributed by atoms with van der Waals surface area (Å²) in [5, 5.41) is 2.63. The predicted molar refractivity (Wildman–Crippen MR) is 77.4 cm³/mol. The van der Waals surface area contributed by atoms with Crippen LogP contribution in [0.4, 0.5) is 4.39 Å². The smallest absolute Gasteiger partial charge is 0.241 e. The van der Waals surface area contributed by atoms with E-state index in [0.29, 0.717) is 0 Å². The van der Waals surface area contributed by atoms with Crippen LogP contribution >= 0.6 is 0 Å². The van der Waals surface area contributed by atoms with Gasteiger partial charge >= 0.3 is 0 Å². The molecular formula is C13H20FN3O3S. The lowest BCUT2D eigenvalue weighted by Gasteiger charge is -2.20. The molecule has 8 heteroatoms. The molecule has 0 aliphatic carbocycles. The van der Waals surface area contributed by atoms with Crippen molar-refractivity contribution in [1.82, 2.24) is 10.0 Å². The molecule has 0 unspecified atom stereocenters. The second-order valence-electron chi connectivity index (χ2n) is 5.58. The summed E-state index contributed by atoms with van der Waals surface area (Å²) in [6, 6.07) is 3.31. The van der Waals surface area contributed by atoms with E-state index in [2.05, 4.69) is 10.0 Å². The molecule has 0 aliphatic rings. The van der Waals surface area contributed by atoms with E-state index >= 15 is 0 Å². The van der Waals surface area contributed by atoms with Crippen LogP contribution in [0.3, 0.4) is 0 Å². The number of benzene rings is 1. The number of halogens is 1. The standard InChI is InChI=1S/C13H20FN3O3S/c1-13(2,3)17-12(18)8-16-21(19,20)10-4-5-11(14)9(6-10)7-15/h4-6,16H,7-8,15H2,1-3H3,(H,17,18). The molecule has 0 atom stereocenters. The van der Waals surface area contributed by atoms with Gasteiger partial charge < -0.3 is 11.1 Å². The van der Waals surface area contributed by atoms with E-state index in [0.717, 1.165) is 18.2 Å². The van der Waals surface area contributed by atoms with Crippen molar-refractivity contribution in [2.75, 3.05) is 6.54 Å². The van der Waals surface area contributed by atoms with E-state index in [9.17, 15) is 17.6 Å². The molecule has 0 bridgehead atoms. The van der Waals surface area contributed by atoms with Crippen LogP contribution in [0.15, 0.2) is 23.1 Å². The molecule has 1 aromatic rings. The molecule has 118 valence electrons. The average Bonchev–Trinajstić information content (AvgIpc) is 2.35. The van der Waals surface area contributed by atoms with E-state index in [1.165, 1.54) is 0 Å². The Kier molecular flexibility index (Phi) is 5.43. The van der Waals surface area contributed by atoms with Gasteiger partial charge in [0.05, 0.1) is 11.4 Å². The minimum absolute atomic E-state index is 0.0945. The highest BCUT2D eigenvalue weighted by Crippen LogP contribution is 2.14. The Morgan fingerprint density at radius 2 is 1.95 bits per heavy atom. The third-order valence-corrected chi connectivity index (χ3v) is 3.88. The molecule has 0 saturated heterocycles. The predicted octanol–water partition coefficient (Wildman–Crippen LogP) is 0.477. The number of hydrogen-bond acceptors (Lipinski definition) is 4. The molecule has 0 spiro atoms. The lowest BCUT2D eigenvalue weighted by atomic mass is 10.1. The third-order valence-electron chi connectivity index (χ3n) is 2.48. The molecule has 0 fully saturated rings. The zero-order chi connectivity index (χ0) is 16.3. The topological polar surface area (TPSA) is 101 Å². The Bertz CT molecular complexity index is 624. The first-order chi connectivity index (χ1) is 9.55. The van der Waals surface area contributed by atoms with Gasteiger partial charge in [-0.2, -0.15) is 0 Å². The maximum absolute atomic E-state index is 13.3. The Morgan fingerprint density at radius 1 is 1.33 bits per heavy atom. The number of carbonyl (C=O) groups excluding carboxylic acids is 1. The second-order valence-corrected chi connectivity index (χ2v) is 7.35. The van der Waals surface area contributed by atoms with E-state index in [1.807, 2.05) is 0 Å². The largest absolute Gasteiger partial charge is 0.350 e. The van der Waals surface area contributed by atoms with Crippen LogP contribution < -0.4 is 15.8 Å². The van der Waals surface area contributed by atoms with Crippen molar-refractivity contribution >= 4 is 15.9 Å². The van der Waals surface area contributed by atoms with Gasteiger partial charge in [0.2, 0.25) is 15.9 Å². The van der Waals surface area contributed by atoms with Crippen LogP contribution in [-0.2, 0) is 21.4 Å². The Hall–Kier alpha value is -1.51. The van der Waals surface area contributed by atoms with Gasteiger partial charge in [0, 0.05) is 17.6 Å². The van der Waals surface area contributed by atoms with Gasteiger partial charge in [-0.05, 0) is 39.0 Å². The zero-order valence-corrected chi connectivity index (χ0v) is 13.1. The highest BCUT2D eigenvalue weighted by atomic mass is 32.2. The van der Waals surface area contributed by atoms with Crippen molar-refractivity contribution in [3.8, 4) is 0 Å². The fourth-order valence-electron chi connectivity index (χ4n) is 1.58. The lowest BCUT2D eigenvalue weighted by Crippen LogP contribution is -2.45. The van der Waals surface area contributed by atoms with Crippen LogP contribution in [0.5, 0.6) is 0 Å². The SMILES string of the molecule is CC(C)(C)NC(=O)CNS(=O)(=O)c1ccc(F)c(CN)c1. The first kappa shape index (κ1) is 17.5. The van der Waals surface area contributed by atoms with Crippen molar-refractivity contribution < 1.29 is 17.6 Å². The molecule has 1 aromatic carbocycles. The van der Waals surface area contributed by atoms with Gasteiger partial charge in [0.15, 0.2) is 0 Å². The second kappa shape index (κ2) is 6.50. The van der Waals surface area contributed by atoms with E-state index in [4.69, 9.17) is 5.73 Å². The molecule has 4 N–H and O–H groups in total. The van der Waals surface area contributed by atoms with E-state index in [-0.39, 0.29) is 17.0 Å². The third kappa shape index (κ3) is 5.41. The van der Waals surface area contributed by atoms with E-state index < -0.39 is 33.8 Å². The molecule has 0 aromatic heterocycles. The van der Waals surface area contributed by atoms with Gasteiger partial charge in [-0.15, -0.1) is 0 Å². The lowest BCUT2D eigenvalue weighted by molar-refractivity contribution is -0.121. The highest BCUT2D eigenvalue weighted by molar-refractivity contribution is 7.89. The molecule has 0 aliphatic heterocycles. The summed E-state index contributed by atoms with van der Waals surface area (Å²) in [6.07, 6.45) is 0. The first-order valence-electron chi connectivity index (χ1n) is 6.34. The van der Waals surface area contributed by atoms with Gasteiger partial charge in [-0.3, -0.25) is 4.79 Å². The summed E-state index contributed by atoms with van der Waals surface area (Å²) in [5.41, 5.74) is 4.98. The maximum atomic E-state index is 13.3. The number of hydrogen-bond donors (Lipinski definition) is 3. The highest BCUT2D eigenvalue weighted by Gasteiger charge is 2.19. The summed E-state index contributed by atoms with van der Waals surface area (Å²) in [7, 11) is -3.89. The summed E-state index contributed by atoms with van der Waals surface area (Å²) in [6.45, 7) is 4.85. The fourth-order valence-corrected chi connectivity index (χ4v) is 2.61. The summed E-state index contributed by atoms with van der Waals surface area (Å²) < 4.78 is 39.5. The van der Waals surface area contributed by atoms with Crippen molar-refractivity contribution in [2.45, 2.75) is 37.8 Å². The van der Waals surface area contributed by atoms with Crippen molar-refractivity contribution in [3.63, 3.8) is 0 Å². The van der Waals surface area contributed by atoms with Crippen LogP contribution in [0, 0.1) is 5.82 Å². The number of rotatable bonds is 5. The van der Waals surface area contributed by atoms with E-state index in [1.54, 1.807) is 20.8 Å². The minimum atomic E-state index is -3.89. The minimum Gasteiger partial charge on any atom is -0.350 e. The fraction of sp³-hybridized carbons (Fsp3) is 0.462. The normalized spacial score (nSPS) is 12.2. The molecule has 0 radical (unpaired) electrons. The number of nitrogens with two attached hydrogens (primary N) is 1. The molecule has 1 amide bonds. The maximum Gasteiger partial charge on any atom is 0.241 e. The quantitative estimate of drug-likeness (QED) is 0.735. The Labute approximate surface area is 124 Å². The van der Waals surface area contributed by atoms with Crippen molar-refractivity contribution in [1.29, 1.82) is 0 Å². The molecule has 6 nitrogen and oxygen atoms in total. The first-order valence-corrected chi connectivity index (χ1v) is 7.82. The number of carbonyl (C=O) groups is 1. The van der Waals surface area contributed by atoms with Crippen LogP contribution in [-0.4, -0.2) is 26.4 Å². The molecule has 0 heterocycles. The number of sulfonamides is 1. The number of amides is 1. The average molecular weight is 317 g/mol. The molecule has 1 rings (SSSR count). The van der Waals surface area contributed by atoms with Crippen LogP contribution in [0.1, 0.15) is 26.3 Å². The van der Waals surface area contributed by atoms with Crippen molar-refractivity contribution in [2.24, 2.45) is 5.73 Å². The van der Waals surface area contributed by atoms with Crippen molar-refractivity contribution in [3.05, 3.63) is 29.6 Å². The number of nitrogens with one attached hydrogen (secondary N) is 2. The van der Waals surface area contributed by atoms with Crippen LogP contribution in [0.25, 0.3) is 0 Å². The summed E-state index contributed by atoms with van der Waals surface area (Å²) >= 11 is 0. The molecular weight excluding hydrogens is 297 g/mol. The Morgan fingerprint density at radius 3 is 2.48 bits per heavy atom. The van der Waals surface area contributed by atoms with Gasteiger partial charge in [-0.1, -0.05) is 0 Å². The molecule has 21 heavy (non-hydrogen) atoms. The van der Waals surface area contributed by atoms with Gasteiger partial charge in [0.1, 0.15) is 5.82 Å². The monoisotopic (exact) mass is 317 g/mol. The van der Waals surface area contributed by atoms with Crippen LogP contribution in [0.2, 0.25) is 0 Å². The van der Waals surface area contributed by atoms with Gasteiger partial charge in [0.25, 0.3) is 0 Å². The summed E-state index contributed by atoms with van der Waals surface area (Å²) in [5.74, 6) is -1.02. The Balaban J connectivity index is 2.81. The van der Waals surface area contributed by atoms with Gasteiger partial charge in [-0.25, -0.2) is 17.5 Å². The molecule has 0 saturated carbocycles. The zero-order valence-electron chi connectivity index (χ0n) is 12.2.